The lowest BCUT2D eigenvalue weighted by atomic mass is 10.0. The molecule has 1 aliphatic carbocycles. The summed E-state index contributed by atoms with van der Waals surface area (Å²) in [6.45, 7) is 2.06. The molecule has 24 heavy (non-hydrogen) atoms. The Hall–Kier alpha value is -0.370. The van der Waals surface area contributed by atoms with Crippen molar-refractivity contribution in [1.29, 1.82) is 0 Å². The third kappa shape index (κ3) is 5.58. The van der Waals surface area contributed by atoms with Gasteiger partial charge in [0.2, 0.25) is 15.9 Å². The Morgan fingerprint density at radius 1 is 1.17 bits per heavy atom. The largest absolute Gasteiger partial charge is 0.341 e. The van der Waals surface area contributed by atoms with Crippen molar-refractivity contribution in [3.8, 4) is 0 Å². The molecule has 0 bridgehead atoms. The molecule has 1 aliphatic heterocycles. The number of carbonyl (C=O) groups is 1. The van der Waals surface area contributed by atoms with Gasteiger partial charge in [-0.15, -0.1) is 12.4 Å². The van der Waals surface area contributed by atoms with Crippen LogP contribution in [0.25, 0.3) is 0 Å². The zero-order chi connectivity index (χ0) is 16.9. The molecule has 0 spiro atoms. The highest BCUT2D eigenvalue weighted by Crippen LogP contribution is 2.25. The Balaban J connectivity index is 0.00000288. The number of halogens is 1. The Kier molecular flexibility index (Phi) is 8.98. The number of hydrogen-bond donors (Lipinski definition) is 1. The molecule has 2 fully saturated rings. The van der Waals surface area contributed by atoms with Gasteiger partial charge in [-0.2, -0.15) is 0 Å². The van der Waals surface area contributed by atoms with Crippen molar-refractivity contribution < 1.29 is 13.2 Å². The molecule has 2 N–H and O–H groups in total. The zero-order valence-corrected chi connectivity index (χ0v) is 16.3. The fraction of sp³-hybridized carbons (Fsp3) is 0.938. The SMILES string of the molecule is CN(CCCC(N)C(=O)N1CCCC1)S(=O)(=O)C1CCCCC1.Cl. The summed E-state index contributed by atoms with van der Waals surface area (Å²) in [5.74, 6) is 0.0142. The van der Waals surface area contributed by atoms with Crippen LogP contribution in [0.2, 0.25) is 0 Å². The van der Waals surface area contributed by atoms with Crippen LogP contribution in [0.4, 0.5) is 0 Å². The number of nitrogens with zero attached hydrogens (tertiary/aromatic N) is 2. The van der Waals surface area contributed by atoms with Crippen LogP contribution in [0, 0.1) is 0 Å². The predicted octanol–water partition coefficient (Wildman–Crippen LogP) is 1.73. The van der Waals surface area contributed by atoms with Crippen molar-refractivity contribution >= 4 is 28.3 Å². The highest BCUT2D eigenvalue weighted by Gasteiger charge is 2.31. The summed E-state index contributed by atoms with van der Waals surface area (Å²) in [6, 6.07) is -0.501. The van der Waals surface area contributed by atoms with E-state index in [0.717, 1.165) is 58.0 Å². The average molecular weight is 382 g/mol. The van der Waals surface area contributed by atoms with Gasteiger partial charge in [-0.3, -0.25) is 4.79 Å². The van der Waals surface area contributed by atoms with Crippen LogP contribution in [-0.4, -0.2) is 61.5 Å². The minimum atomic E-state index is -3.20. The Labute approximate surface area is 152 Å². The van der Waals surface area contributed by atoms with Crippen molar-refractivity contribution in [1.82, 2.24) is 9.21 Å². The molecule has 1 saturated heterocycles. The molecular weight excluding hydrogens is 350 g/mol. The fourth-order valence-corrected chi connectivity index (χ4v) is 5.40. The van der Waals surface area contributed by atoms with Crippen LogP contribution in [0.1, 0.15) is 57.8 Å². The number of sulfonamides is 1. The van der Waals surface area contributed by atoms with E-state index in [1.165, 1.54) is 4.31 Å². The van der Waals surface area contributed by atoms with Crippen molar-refractivity contribution in [2.24, 2.45) is 5.73 Å². The van der Waals surface area contributed by atoms with Gasteiger partial charge in [0.15, 0.2) is 0 Å². The Morgan fingerprint density at radius 2 is 1.75 bits per heavy atom. The lowest BCUT2D eigenvalue weighted by molar-refractivity contribution is -0.131. The van der Waals surface area contributed by atoms with E-state index in [0.29, 0.717) is 19.4 Å². The second-order valence-corrected chi connectivity index (χ2v) is 9.23. The quantitative estimate of drug-likeness (QED) is 0.727. The van der Waals surface area contributed by atoms with E-state index in [9.17, 15) is 13.2 Å². The van der Waals surface area contributed by atoms with E-state index in [-0.39, 0.29) is 23.6 Å². The van der Waals surface area contributed by atoms with Crippen molar-refractivity contribution in [2.75, 3.05) is 26.7 Å². The normalized spacial score (nSPS) is 20.9. The summed E-state index contributed by atoms with van der Waals surface area (Å²) in [6.07, 6.45) is 7.99. The summed E-state index contributed by atoms with van der Waals surface area (Å²) in [5.41, 5.74) is 5.98. The molecule has 0 aromatic rings. The maximum atomic E-state index is 12.5. The van der Waals surface area contributed by atoms with E-state index in [2.05, 4.69) is 0 Å². The smallest absolute Gasteiger partial charge is 0.239 e. The Morgan fingerprint density at radius 3 is 2.33 bits per heavy atom. The van der Waals surface area contributed by atoms with E-state index in [4.69, 9.17) is 5.73 Å². The predicted molar refractivity (Wildman–Crippen MR) is 98.7 cm³/mol. The lowest BCUT2D eigenvalue weighted by Crippen LogP contribution is -2.43. The molecule has 0 aromatic carbocycles. The lowest BCUT2D eigenvalue weighted by Gasteiger charge is -2.27. The highest BCUT2D eigenvalue weighted by molar-refractivity contribution is 7.89. The zero-order valence-electron chi connectivity index (χ0n) is 14.7. The molecule has 1 atom stereocenters. The van der Waals surface area contributed by atoms with Gasteiger partial charge in [-0.1, -0.05) is 19.3 Å². The third-order valence-corrected chi connectivity index (χ3v) is 7.50. The number of nitrogens with two attached hydrogens (primary N) is 1. The summed E-state index contributed by atoms with van der Waals surface area (Å²) >= 11 is 0. The number of hydrogen-bond acceptors (Lipinski definition) is 4. The van der Waals surface area contributed by atoms with Crippen LogP contribution in [0.3, 0.4) is 0 Å². The van der Waals surface area contributed by atoms with Crippen LogP contribution in [0.5, 0.6) is 0 Å². The number of carbonyl (C=O) groups excluding carboxylic acids is 1. The van der Waals surface area contributed by atoms with E-state index in [1.54, 1.807) is 7.05 Å². The standard InChI is InChI=1S/C16H31N3O3S.ClH/c1-18(23(21,22)14-8-3-2-4-9-14)11-7-10-15(17)16(20)19-12-5-6-13-19;/h14-15H,2-13,17H2,1H3;1H. The molecule has 1 saturated carbocycles. The first-order valence-corrected chi connectivity index (χ1v) is 10.4. The van der Waals surface area contributed by atoms with Crippen LogP contribution in [0.15, 0.2) is 0 Å². The summed E-state index contributed by atoms with van der Waals surface area (Å²) in [4.78, 5) is 14.0. The molecule has 1 amide bonds. The molecule has 142 valence electrons. The van der Waals surface area contributed by atoms with Crippen molar-refractivity contribution in [2.45, 2.75) is 69.1 Å². The van der Waals surface area contributed by atoms with Gasteiger partial charge in [-0.25, -0.2) is 12.7 Å². The second-order valence-electron chi connectivity index (χ2n) is 6.91. The van der Waals surface area contributed by atoms with Gasteiger partial charge in [0.25, 0.3) is 0 Å². The minimum Gasteiger partial charge on any atom is -0.341 e. The number of amides is 1. The maximum Gasteiger partial charge on any atom is 0.239 e. The van der Waals surface area contributed by atoms with Gasteiger partial charge in [0, 0.05) is 26.7 Å². The molecule has 1 unspecified atom stereocenters. The third-order valence-electron chi connectivity index (χ3n) is 5.13. The highest BCUT2D eigenvalue weighted by atomic mass is 35.5. The maximum absolute atomic E-state index is 12.5. The van der Waals surface area contributed by atoms with Crippen LogP contribution >= 0.6 is 12.4 Å². The van der Waals surface area contributed by atoms with Gasteiger partial charge in [-0.05, 0) is 38.5 Å². The van der Waals surface area contributed by atoms with E-state index >= 15 is 0 Å². The fourth-order valence-electron chi connectivity index (χ4n) is 3.57. The van der Waals surface area contributed by atoms with Crippen molar-refractivity contribution in [3.05, 3.63) is 0 Å². The molecule has 2 rings (SSSR count). The van der Waals surface area contributed by atoms with Gasteiger partial charge in [0.05, 0.1) is 11.3 Å². The summed E-state index contributed by atoms with van der Waals surface area (Å²) < 4.78 is 26.5. The van der Waals surface area contributed by atoms with Crippen LogP contribution < -0.4 is 5.73 Å². The number of likely N-dealkylation sites (tertiary alicyclic amines) is 1. The first kappa shape index (κ1) is 21.7. The van der Waals surface area contributed by atoms with Crippen LogP contribution in [-0.2, 0) is 14.8 Å². The summed E-state index contributed by atoms with van der Waals surface area (Å²) in [7, 11) is -1.55. The number of rotatable bonds is 7. The molecular formula is C16H32ClN3O3S. The van der Waals surface area contributed by atoms with E-state index in [1.807, 2.05) is 4.90 Å². The monoisotopic (exact) mass is 381 g/mol. The topological polar surface area (TPSA) is 83.7 Å². The molecule has 0 aromatic heterocycles. The molecule has 2 aliphatic rings. The van der Waals surface area contributed by atoms with Crippen molar-refractivity contribution in [3.63, 3.8) is 0 Å². The Bertz CT molecular complexity index is 489. The van der Waals surface area contributed by atoms with Gasteiger partial charge >= 0.3 is 0 Å². The molecule has 8 heteroatoms. The summed E-state index contributed by atoms with van der Waals surface area (Å²) in [5, 5.41) is -0.221. The van der Waals surface area contributed by atoms with Gasteiger partial charge < -0.3 is 10.6 Å². The van der Waals surface area contributed by atoms with E-state index < -0.39 is 16.1 Å². The van der Waals surface area contributed by atoms with Gasteiger partial charge in [0.1, 0.15) is 0 Å². The second kappa shape index (κ2) is 9.94. The average Bonchev–Trinajstić information content (AvgIpc) is 3.09. The first-order chi connectivity index (χ1) is 10.9. The molecule has 6 nitrogen and oxygen atoms in total. The molecule has 1 heterocycles. The molecule has 0 radical (unpaired) electrons. The first-order valence-electron chi connectivity index (χ1n) is 8.92. The minimum absolute atomic E-state index is 0.